The molecule has 7 heteroatoms. The maximum atomic E-state index is 11.6. The number of halogens is 1. The third kappa shape index (κ3) is 6.36. The summed E-state index contributed by atoms with van der Waals surface area (Å²) < 4.78 is 10.3. The number of benzene rings is 1. The summed E-state index contributed by atoms with van der Waals surface area (Å²) in [5.74, 6) is 1.50. The largest absolute Gasteiger partial charge is 0.465 e. The summed E-state index contributed by atoms with van der Waals surface area (Å²) in [6.07, 6.45) is 0. The van der Waals surface area contributed by atoms with Crippen molar-refractivity contribution in [1.82, 2.24) is 10.6 Å². The Morgan fingerprint density at radius 2 is 2.00 bits per heavy atom. The third-order valence-electron chi connectivity index (χ3n) is 3.65. The fourth-order valence-electron chi connectivity index (χ4n) is 2.44. The van der Waals surface area contributed by atoms with E-state index in [2.05, 4.69) is 40.7 Å². The van der Waals surface area contributed by atoms with Gasteiger partial charge in [0.15, 0.2) is 5.96 Å². The topological polar surface area (TPSA) is 75.9 Å². The zero-order valence-corrected chi connectivity index (χ0v) is 17.9. The number of carbonyl (C=O) groups is 1. The third-order valence-corrected chi connectivity index (χ3v) is 3.65. The first-order valence-electron chi connectivity index (χ1n) is 8.28. The molecule has 2 rings (SSSR count). The molecule has 0 saturated heterocycles. The van der Waals surface area contributed by atoms with Gasteiger partial charge in [0.2, 0.25) is 0 Å². The number of hydrogen-bond donors (Lipinski definition) is 2. The maximum Gasteiger partial charge on any atom is 0.341 e. The van der Waals surface area contributed by atoms with Crippen LogP contribution in [0, 0.1) is 13.8 Å². The molecular formula is C19H26IN3O3. The van der Waals surface area contributed by atoms with Gasteiger partial charge in [0.05, 0.1) is 20.2 Å². The monoisotopic (exact) mass is 471 g/mol. The average Bonchev–Trinajstić information content (AvgIpc) is 2.97. The Morgan fingerprint density at radius 1 is 1.23 bits per heavy atom. The summed E-state index contributed by atoms with van der Waals surface area (Å²) in [5, 5.41) is 6.41. The zero-order valence-electron chi connectivity index (χ0n) is 15.6. The van der Waals surface area contributed by atoms with E-state index in [4.69, 9.17) is 9.15 Å². The Hall–Kier alpha value is -2.03. The lowest BCUT2D eigenvalue weighted by atomic mass is 10.1. The molecule has 0 amide bonds. The van der Waals surface area contributed by atoms with E-state index in [-0.39, 0.29) is 24.0 Å². The van der Waals surface area contributed by atoms with E-state index in [0.717, 1.165) is 12.1 Å². The second-order valence-electron chi connectivity index (χ2n) is 5.71. The van der Waals surface area contributed by atoms with Crippen LogP contribution < -0.4 is 10.6 Å². The molecule has 0 spiro atoms. The van der Waals surface area contributed by atoms with Crippen LogP contribution in [0.25, 0.3) is 0 Å². The van der Waals surface area contributed by atoms with Crippen molar-refractivity contribution in [2.45, 2.75) is 33.9 Å². The van der Waals surface area contributed by atoms with Crippen molar-refractivity contribution < 1.29 is 13.9 Å². The lowest BCUT2D eigenvalue weighted by molar-refractivity contribution is 0.0599. The molecule has 6 nitrogen and oxygen atoms in total. The molecule has 2 N–H and O–H groups in total. The summed E-state index contributed by atoms with van der Waals surface area (Å²) in [5.41, 5.74) is 2.81. The number of aliphatic imine (C=N–C) groups is 1. The number of aryl methyl sites for hydroxylation is 2. The number of methoxy groups -OCH3 is 1. The van der Waals surface area contributed by atoms with Crippen molar-refractivity contribution in [2.75, 3.05) is 13.7 Å². The number of nitrogens with zero attached hydrogens (tertiary/aromatic N) is 1. The van der Waals surface area contributed by atoms with Crippen LogP contribution in [0.3, 0.4) is 0 Å². The van der Waals surface area contributed by atoms with Crippen LogP contribution in [0.5, 0.6) is 0 Å². The number of ether oxygens (including phenoxy) is 1. The Balaban J connectivity index is 0.00000338. The van der Waals surface area contributed by atoms with Crippen molar-refractivity contribution in [2.24, 2.45) is 4.99 Å². The molecule has 0 radical (unpaired) electrons. The predicted molar refractivity (Wildman–Crippen MR) is 113 cm³/mol. The summed E-state index contributed by atoms with van der Waals surface area (Å²) >= 11 is 0. The highest BCUT2D eigenvalue weighted by Crippen LogP contribution is 2.15. The van der Waals surface area contributed by atoms with Gasteiger partial charge in [0, 0.05) is 6.54 Å². The Morgan fingerprint density at radius 3 is 2.65 bits per heavy atom. The van der Waals surface area contributed by atoms with E-state index in [1.54, 1.807) is 13.0 Å². The molecule has 0 fully saturated rings. The molecule has 0 aliphatic rings. The van der Waals surface area contributed by atoms with Gasteiger partial charge in [-0.2, -0.15) is 0 Å². The molecule has 142 valence electrons. The zero-order chi connectivity index (χ0) is 18.2. The second-order valence-corrected chi connectivity index (χ2v) is 5.71. The minimum absolute atomic E-state index is 0. The van der Waals surface area contributed by atoms with Crippen molar-refractivity contribution in [3.8, 4) is 0 Å². The van der Waals surface area contributed by atoms with E-state index in [1.807, 2.05) is 13.0 Å². The van der Waals surface area contributed by atoms with Crippen LogP contribution in [-0.4, -0.2) is 25.6 Å². The minimum Gasteiger partial charge on any atom is -0.465 e. The van der Waals surface area contributed by atoms with Crippen LogP contribution in [0.15, 0.2) is 39.7 Å². The summed E-state index contributed by atoms with van der Waals surface area (Å²) in [7, 11) is 1.36. The molecule has 0 atom stereocenters. The predicted octanol–water partition coefficient (Wildman–Crippen LogP) is 3.56. The molecule has 0 saturated carbocycles. The van der Waals surface area contributed by atoms with Crippen LogP contribution in [0.2, 0.25) is 0 Å². The van der Waals surface area contributed by atoms with Gasteiger partial charge in [-0.25, -0.2) is 9.79 Å². The highest BCUT2D eigenvalue weighted by Gasteiger charge is 2.15. The normalized spacial score (nSPS) is 10.8. The van der Waals surface area contributed by atoms with Gasteiger partial charge in [-0.3, -0.25) is 0 Å². The van der Waals surface area contributed by atoms with Gasteiger partial charge in [0.25, 0.3) is 0 Å². The first-order chi connectivity index (χ1) is 12.0. The number of hydrogen-bond acceptors (Lipinski definition) is 4. The lowest BCUT2D eigenvalue weighted by Crippen LogP contribution is -2.36. The number of guanidine groups is 1. The van der Waals surface area contributed by atoms with E-state index in [9.17, 15) is 4.79 Å². The molecule has 0 bridgehead atoms. The number of furan rings is 1. The first kappa shape index (κ1) is 22.0. The molecule has 26 heavy (non-hydrogen) atoms. The quantitative estimate of drug-likeness (QED) is 0.292. The minimum atomic E-state index is -0.396. The van der Waals surface area contributed by atoms with Gasteiger partial charge in [-0.15, -0.1) is 24.0 Å². The molecule has 0 unspecified atom stereocenters. The van der Waals surface area contributed by atoms with E-state index < -0.39 is 5.97 Å². The molecule has 1 heterocycles. The summed E-state index contributed by atoms with van der Waals surface area (Å²) in [4.78, 5) is 16.2. The number of esters is 1. The summed E-state index contributed by atoms with van der Waals surface area (Å²) in [6, 6.07) is 9.96. The van der Waals surface area contributed by atoms with Crippen molar-refractivity contribution >= 4 is 35.9 Å². The van der Waals surface area contributed by atoms with Gasteiger partial charge in [-0.05, 0) is 32.4 Å². The fourth-order valence-corrected chi connectivity index (χ4v) is 2.44. The van der Waals surface area contributed by atoms with Gasteiger partial charge < -0.3 is 19.8 Å². The lowest BCUT2D eigenvalue weighted by Gasteiger charge is -2.10. The highest BCUT2D eigenvalue weighted by atomic mass is 127. The summed E-state index contributed by atoms with van der Waals surface area (Å²) in [6.45, 7) is 7.58. The van der Waals surface area contributed by atoms with Crippen LogP contribution >= 0.6 is 24.0 Å². The number of rotatable bonds is 6. The molecule has 1 aromatic carbocycles. The standard InChI is InChI=1S/C19H25N3O3.HI/c1-5-20-19(21-11-15-8-6-7-13(2)9-15)22-12-16-10-17(14(3)25-16)18(23)24-4;/h6-10H,5,11-12H2,1-4H3,(H2,20,21,22);1H. The van der Waals surface area contributed by atoms with Crippen molar-refractivity contribution in [3.63, 3.8) is 0 Å². The Bertz CT molecular complexity index is 756. The van der Waals surface area contributed by atoms with E-state index in [0.29, 0.717) is 36.1 Å². The number of nitrogens with one attached hydrogen (secondary N) is 2. The van der Waals surface area contributed by atoms with Crippen LogP contribution in [0.1, 0.15) is 39.9 Å². The SMILES string of the molecule is CCNC(=NCc1cccc(C)c1)NCc1cc(C(=O)OC)c(C)o1.I. The van der Waals surface area contributed by atoms with Gasteiger partial charge >= 0.3 is 5.97 Å². The smallest absolute Gasteiger partial charge is 0.341 e. The molecular weight excluding hydrogens is 445 g/mol. The highest BCUT2D eigenvalue weighted by molar-refractivity contribution is 14.0. The fraction of sp³-hybridized carbons (Fsp3) is 0.368. The van der Waals surface area contributed by atoms with Crippen LogP contribution in [0.4, 0.5) is 0 Å². The first-order valence-corrected chi connectivity index (χ1v) is 8.28. The van der Waals surface area contributed by atoms with Crippen molar-refractivity contribution in [1.29, 1.82) is 0 Å². The number of carbonyl (C=O) groups excluding carboxylic acids is 1. The van der Waals surface area contributed by atoms with Crippen LogP contribution in [-0.2, 0) is 17.8 Å². The van der Waals surface area contributed by atoms with Gasteiger partial charge in [-0.1, -0.05) is 29.8 Å². The van der Waals surface area contributed by atoms with E-state index >= 15 is 0 Å². The van der Waals surface area contributed by atoms with E-state index in [1.165, 1.54) is 12.7 Å². The molecule has 0 aliphatic heterocycles. The molecule has 0 aliphatic carbocycles. The second kappa shape index (κ2) is 10.8. The molecule has 2 aromatic rings. The van der Waals surface area contributed by atoms with Crippen molar-refractivity contribution in [3.05, 3.63) is 58.5 Å². The average molecular weight is 471 g/mol. The van der Waals surface area contributed by atoms with Gasteiger partial charge in [0.1, 0.15) is 17.1 Å². The maximum absolute atomic E-state index is 11.6. The Kier molecular flexibility index (Phi) is 9.18. The Labute approximate surface area is 171 Å². The molecule has 1 aromatic heterocycles.